The van der Waals surface area contributed by atoms with Crippen LogP contribution in [0.2, 0.25) is 0 Å². The van der Waals surface area contributed by atoms with Gasteiger partial charge in [-0.3, -0.25) is 4.79 Å². The number of hydrogen-bond donors (Lipinski definition) is 1. The summed E-state index contributed by atoms with van der Waals surface area (Å²) in [6.07, 6.45) is 3.87. The molecule has 1 amide bonds. The maximum absolute atomic E-state index is 12.5. The van der Waals surface area contributed by atoms with E-state index < -0.39 is 0 Å². The van der Waals surface area contributed by atoms with Crippen molar-refractivity contribution in [1.29, 1.82) is 0 Å². The first-order chi connectivity index (χ1) is 9.49. The van der Waals surface area contributed by atoms with Crippen LogP contribution in [0, 0.1) is 19.8 Å². The number of aromatic nitrogens is 1. The molecule has 0 saturated carbocycles. The molecular formula is C17H22N2O. The maximum atomic E-state index is 12.5. The van der Waals surface area contributed by atoms with Crippen LogP contribution in [0.15, 0.2) is 42.7 Å². The van der Waals surface area contributed by atoms with E-state index in [0.29, 0.717) is 0 Å². The Labute approximate surface area is 120 Å². The van der Waals surface area contributed by atoms with Gasteiger partial charge in [0.15, 0.2) is 0 Å². The number of nitrogens with zero attached hydrogens (tertiary/aromatic N) is 1. The van der Waals surface area contributed by atoms with Crippen molar-refractivity contribution in [2.75, 3.05) is 5.32 Å². The molecule has 0 fully saturated rings. The van der Waals surface area contributed by atoms with Gasteiger partial charge in [0.1, 0.15) is 6.04 Å². The van der Waals surface area contributed by atoms with E-state index in [-0.39, 0.29) is 17.9 Å². The highest BCUT2D eigenvalue weighted by Crippen LogP contribution is 2.21. The van der Waals surface area contributed by atoms with E-state index in [1.54, 1.807) is 0 Å². The molecule has 1 N–H and O–H groups in total. The SMILES string of the molecule is Cc1ccc(NC(=O)[C@H](C(C)C)n2cccc2)cc1C. The minimum atomic E-state index is -0.188. The van der Waals surface area contributed by atoms with Crippen molar-refractivity contribution in [1.82, 2.24) is 4.57 Å². The maximum Gasteiger partial charge on any atom is 0.247 e. The van der Waals surface area contributed by atoms with Crippen molar-refractivity contribution in [2.24, 2.45) is 5.92 Å². The van der Waals surface area contributed by atoms with Gasteiger partial charge in [-0.05, 0) is 55.2 Å². The summed E-state index contributed by atoms with van der Waals surface area (Å²) in [6, 6.07) is 9.70. The van der Waals surface area contributed by atoms with Gasteiger partial charge in [0.25, 0.3) is 0 Å². The van der Waals surface area contributed by atoms with Crippen LogP contribution in [0.5, 0.6) is 0 Å². The van der Waals surface area contributed by atoms with E-state index >= 15 is 0 Å². The highest BCUT2D eigenvalue weighted by atomic mass is 16.2. The van der Waals surface area contributed by atoms with Crippen molar-refractivity contribution in [3.8, 4) is 0 Å². The quantitative estimate of drug-likeness (QED) is 0.897. The van der Waals surface area contributed by atoms with Gasteiger partial charge in [0.05, 0.1) is 0 Å². The first-order valence-electron chi connectivity index (χ1n) is 6.99. The van der Waals surface area contributed by atoms with E-state index in [1.807, 2.05) is 47.3 Å². The Bertz CT molecular complexity index is 585. The molecule has 0 saturated heterocycles. The third kappa shape index (κ3) is 3.10. The molecule has 0 aliphatic rings. The van der Waals surface area contributed by atoms with Crippen molar-refractivity contribution >= 4 is 11.6 Å². The summed E-state index contributed by atoms with van der Waals surface area (Å²) in [4.78, 5) is 12.5. The van der Waals surface area contributed by atoms with E-state index in [2.05, 4.69) is 33.0 Å². The van der Waals surface area contributed by atoms with Gasteiger partial charge in [-0.2, -0.15) is 0 Å². The number of carbonyl (C=O) groups is 1. The minimum absolute atomic E-state index is 0.0273. The smallest absolute Gasteiger partial charge is 0.247 e. The Balaban J connectivity index is 2.19. The Morgan fingerprint density at radius 2 is 1.75 bits per heavy atom. The van der Waals surface area contributed by atoms with Crippen LogP contribution in [-0.2, 0) is 4.79 Å². The normalized spacial score (nSPS) is 12.4. The summed E-state index contributed by atoms with van der Waals surface area (Å²) < 4.78 is 1.96. The van der Waals surface area contributed by atoms with Crippen LogP contribution in [0.1, 0.15) is 31.0 Å². The number of benzene rings is 1. The fourth-order valence-electron chi connectivity index (χ4n) is 2.35. The molecule has 1 heterocycles. The minimum Gasteiger partial charge on any atom is -0.342 e. The number of hydrogen-bond acceptors (Lipinski definition) is 1. The zero-order valence-electron chi connectivity index (χ0n) is 12.6. The Kier molecular flexibility index (Phi) is 4.28. The molecule has 1 aromatic carbocycles. The number of aryl methyl sites for hydroxylation is 2. The summed E-state index contributed by atoms with van der Waals surface area (Å²) in [5, 5.41) is 3.02. The number of anilines is 1. The van der Waals surface area contributed by atoms with Gasteiger partial charge >= 0.3 is 0 Å². The molecule has 0 aliphatic heterocycles. The summed E-state index contributed by atoms with van der Waals surface area (Å²) in [6.45, 7) is 8.24. The van der Waals surface area contributed by atoms with Gasteiger partial charge in [-0.25, -0.2) is 0 Å². The molecule has 3 nitrogen and oxygen atoms in total. The standard InChI is InChI=1S/C17H22N2O/c1-12(2)16(19-9-5-6-10-19)17(20)18-15-8-7-13(3)14(4)11-15/h5-12,16H,1-4H3,(H,18,20)/t16-/m0/s1. The largest absolute Gasteiger partial charge is 0.342 e. The lowest BCUT2D eigenvalue weighted by atomic mass is 10.0. The molecule has 2 aromatic rings. The van der Waals surface area contributed by atoms with Crippen molar-refractivity contribution in [3.63, 3.8) is 0 Å². The van der Waals surface area contributed by atoms with Gasteiger partial charge < -0.3 is 9.88 Å². The molecule has 3 heteroatoms. The third-order valence-corrected chi connectivity index (χ3v) is 3.62. The molecule has 106 valence electrons. The first-order valence-corrected chi connectivity index (χ1v) is 6.99. The van der Waals surface area contributed by atoms with Gasteiger partial charge in [-0.15, -0.1) is 0 Å². The monoisotopic (exact) mass is 270 g/mol. The van der Waals surface area contributed by atoms with Gasteiger partial charge in [-0.1, -0.05) is 19.9 Å². The van der Waals surface area contributed by atoms with Gasteiger partial charge in [0, 0.05) is 18.1 Å². The summed E-state index contributed by atoms with van der Waals surface area (Å²) in [5.41, 5.74) is 3.27. The topological polar surface area (TPSA) is 34.0 Å². The lowest BCUT2D eigenvalue weighted by molar-refractivity contribution is -0.120. The highest BCUT2D eigenvalue weighted by molar-refractivity contribution is 5.94. The number of carbonyl (C=O) groups excluding carboxylic acids is 1. The molecular weight excluding hydrogens is 248 g/mol. The van der Waals surface area contributed by atoms with Crippen molar-refractivity contribution < 1.29 is 4.79 Å². The predicted octanol–water partition coefficient (Wildman–Crippen LogP) is 3.94. The second-order valence-electron chi connectivity index (χ2n) is 5.61. The molecule has 2 rings (SSSR count). The number of rotatable bonds is 4. The van der Waals surface area contributed by atoms with E-state index in [9.17, 15) is 4.79 Å². The zero-order chi connectivity index (χ0) is 14.7. The van der Waals surface area contributed by atoms with Crippen LogP contribution in [0.3, 0.4) is 0 Å². The number of nitrogens with one attached hydrogen (secondary N) is 1. The molecule has 0 spiro atoms. The van der Waals surface area contributed by atoms with Crippen LogP contribution < -0.4 is 5.32 Å². The molecule has 1 aromatic heterocycles. The molecule has 0 aliphatic carbocycles. The fourth-order valence-corrected chi connectivity index (χ4v) is 2.35. The Morgan fingerprint density at radius 3 is 2.30 bits per heavy atom. The van der Waals surface area contributed by atoms with E-state index in [0.717, 1.165) is 5.69 Å². The molecule has 20 heavy (non-hydrogen) atoms. The summed E-state index contributed by atoms with van der Waals surface area (Å²) in [5.74, 6) is 0.258. The fraction of sp³-hybridized carbons (Fsp3) is 0.353. The van der Waals surface area contributed by atoms with Crippen LogP contribution in [-0.4, -0.2) is 10.5 Å². The van der Waals surface area contributed by atoms with Crippen LogP contribution in [0.25, 0.3) is 0 Å². The predicted molar refractivity (Wildman–Crippen MR) is 82.9 cm³/mol. The lowest BCUT2D eigenvalue weighted by Crippen LogP contribution is -2.29. The third-order valence-electron chi connectivity index (χ3n) is 3.62. The highest BCUT2D eigenvalue weighted by Gasteiger charge is 2.23. The molecule has 1 atom stereocenters. The average Bonchev–Trinajstić information content (AvgIpc) is 2.87. The van der Waals surface area contributed by atoms with Crippen molar-refractivity contribution in [2.45, 2.75) is 33.7 Å². The second kappa shape index (κ2) is 5.95. The Hall–Kier alpha value is -2.03. The second-order valence-corrected chi connectivity index (χ2v) is 5.61. The van der Waals surface area contributed by atoms with Crippen molar-refractivity contribution in [3.05, 3.63) is 53.9 Å². The molecule has 0 bridgehead atoms. The lowest BCUT2D eigenvalue weighted by Gasteiger charge is -2.22. The molecule has 0 unspecified atom stereocenters. The number of amides is 1. The van der Waals surface area contributed by atoms with Gasteiger partial charge in [0.2, 0.25) is 5.91 Å². The summed E-state index contributed by atoms with van der Waals surface area (Å²) in [7, 11) is 0. The first kappa shape index (κ1) is 14.4. The van der Waals surface area contributed by atoms with E-state index in [1.165, 1.54) is 11.1 Å². The molecule has 0 radical (unpaired) electrons. The van der Waals surface area contributed by atoms with E-state index in [4.69, 9.17) is 0 Å². The zero-order valence-corrected chi connectivity index (χ0v) is 12.6. The average molecular weight is 270 g/mol. The Morgan fingerprint density at radius 1 is 1.10 bits per heavy atom. The van der Waals surface area contributed by atoms with Crippen LogP contribution in [0.4, 0.5) is 5.69 Å². The van der Waals surface area contributed by atoms with Crippen LogP contribution >= 0.6 is 0 Å². The summed E-state index contributed by atoms with van der Waals surface area (Å²) >= 11 is 0.